The molecule has 0 spiro atoms. The molecule has 1 aliphatic heterocycles. The van der Waals surface area contributed by atoms with E-state index in [-0.39, 0.29) is 12.1 Å². The Morgan fingerprint density at radius 1 is 1.52 bits per heavy atom. The lowest BCUT2D eigenvalue weighted by Crippen LogP contribution is -2.45. The number of piperidine rings is 1. The molecule has 0 aliphatic carbocycles. The topological polar surface area (TPSA) is 61.0 Å². The molecule has 1 aliphatic rings. The molecule has 124 valence electrons. The van der Waals surface area contributed by atoms with Crippen molar-refractivity contribution < 1.29 is 4.79 Å². The van der Waals surface area contributed by atoms with Gasteiger partial charge in [-0.25, -0.2) is 9.78 Å². The molecule has 23 heavy (non-hydrogen) atoms. The van der Waals surface area contributed by atoms with E-state index in [2.05, 4.69) is 42.1 Å². The highest BCUT2D eigenvalue weighted by Crippen LogP contribution is 2.27. The molecule has 1 fully saturated rings. The summed E-state index contributed by atoms with van der Waals surface area (Å²) < 4.78 is 0. The van der Waals surface area contributed by atoms with Crippen molar-refractivity contribution in [3.63, 3.8) is 0 Å². The molecule has 0 aromatic carbocycles. The first kappa shape index (κ1) is 16.1. The van der Waals surface area contributed by atoms with Crippen molar-refractivity contribution >= 4 is 17.4 Å². The summed E-state index contributed by atoms with van der Waals surface area (Å²) in [7, 11) is 0. The zero-order valence-corrected chi connectivity index (χ0v) is 14.7. The van der Waals surface area contributed by atoms with Gasteiger partial charge in [-0.05, 0) is 45.2 Å². The molecule has 2 unspecified atom stereocenters. The second kappa shape index (κ2) is 6.74. The first-order valence-corrected chi connectivity index (χ1v) is 8.98. The highest BCUT2D eigenvalue weighted by molar-refractivity contribution is 7.12. The molecule has 2 amide bonds. The normalized spacial score (nSPS) is 19.6. The molecule has 2 aromatic rings. The fraction of sp³-hybridized carbons (Fsp3) is 0.529. The maximum absolute atomic E-state index is 12.6. The molecule has 6 heteroatoms. The van der Waals surface area contributed by atoms with Crippen molar-refractivity contribution in [1.29, 1.82) is 0 Å². The maximum atomic E-state index is 12.6. The van der Waals surface area contributed by atoms with E-state index >= 15 is 0 Å². The van der Waals surface area contributed by atoms with Crippen molar-refractivity contribution in [3.8, 4) is 0 Å². The van der Waals surface area contributed by atoms with Crippen molar-refractivity contribution in [3.05, 3.63) is 39.6 Å². The largest absolute Gasteiger partial charge is 0.348 e. The van der Waals surface area contributed by atoms with Crippen LogP contribution >= 0.6 is 11.3 Å². The Kier molecular flexibility index (Phi) is 4.71. The zero-order valence-electron chi connectivity index (χ0n) is 13.9. The van der Waals surface area contributed by atoms with Crippen LogP contribution in [0.1, 0.15) is 52.9 Å². The van der Waals surface area contributed by atoms with E-state index in [4.69, 9.17) is 0 Å². The number of likely N-dealkylation sites (tertiary alicyclic amines) is 1. The molecule has 0 saturated carbocycles. The fourth-order valence-corrected chi connectivity index (χ4v) is 4.34. The summed E-state index contributed by atoms with van der Waals surface area (Å²) in [4.78, 5) is 24.6. The Labute approximate surface area is 141 Å². The summed E-state index contributed by atoms with van der Waals surface area (Å²) in [5, 5.41) is 3.15. The summed E-state index contributed by atoms with van der Waals surface area (Å²) in [6.45, 7) is 7.82. The van der Waals surface area contributed by atoms with Gasteiger partial charge in [0.1, 0.15) is 5.82 Å². The lowest BCUT2D eigenvalue weighted by Gasteiger charge is -2.32. The molecule has 2 N–H and O–H groups in total. The highest BCUT2D eigenvalue weighted by atomic mass is 32.1. The number of carbonyl (C=O) groups excluding carboxylic acids is 1. The van der Waals surface area contributed by atoms with E-state index in [0.717, 1.165) is 31.8 Å². The van der Waals surface area contributed by atoms with Crippen LogP contribution in [0.4, 0.5) is 4.79 Å². The molecule has 2 atom stereocenters. The van der Waals surface area contributed by atoms with Crippen LogP contribution in [0.2, 0.25) is 0 Å². The number of amides is 2. The molecular weight excluding hydrogens is 308 g/mol. The molecule has 0 bridgehead atoms. The van der Waals surface area contributed by atoms with E-state index in [1.807, 2.05) is 11.1 Å². The van der Waals surface area contributed by atoms with Gasteiger partial charge in [-0.1, -0.05) is 0 Å². The first-order valence-electron chi connectivity index (χ1n) is 8.16. The molecule has 3 rings (SSSR count). The third-order valence-corrected chi connectivity index (χ3v) is 5.48. The average Bonchev–Trinajstić information content (AvgIpc) is 3.17. The number of aromatic amines is 1. The summed E-state index contributed by atoms with van der Waals surface area (Å²) in [5.41, 5.74) is 1.22. The van der Waals surface area contributed by atoms with Gasteiger partial charge in [-0.15, -0.1) is 11.3 Å². The Hall–Kier alpha value is -1.82. The Morgan fingerprint density at radius 2 is 2.35 bits per heavy atom. The number of aromatic nitrogens is 2. The number of rotatable bonds is 3. The van der Waals surface area contributed by atoms with Gasteiger partial charge in [0.05, 0.1) is 6.04 Å². The number of urea groups is 1. The minimum absolute atomic E-state index is 0.0250. The number of hydrogen-bond donors (Lipinski definition) is 2. The Morgan fingerprint density at radius 3 is 3.00 bits per heavy atom. The number of nitrogens with zero attached hydrogens (tertiary/aromatic N) is 2. The van der Waals surface area contributed by atoms with Gasteiger partial charge < -0.3 is 15.2 Å². The van der Waals surface area contributed by atoms with Gasteiger partial charge in [0.2, 0.25) is 0 Å². The second-order valence-electron chi connectivity index (χ2n) is 6.30. The number of aryl methyl sites for hydroxylation is 2. The number of hydrogen-bond acceptors (Lipinski definition) is 3. The van der Waals surface area contributed by atoms with Gasteiger partial charge in [0.25, 0.3) is 0 Å². The fourth-order valence-electron chi connectivity index (χ4n) is 3.32. The van der Waals surface area contributed by atoms with Crippen molar-refractivity contribution in [2.45, 2.75) is 45.6 Å². The predicted octanol–water partition coefficient (Wildman–Crippen LogP) is 3.74. The van der Waals surface area contributed by atoms with E-state index < -0.39 is 0 Å². The van der Waals surface area contributed by atoms with Crippen molar-refractivity contribution in [1.82, 2.24) is 20.2 Å². The average molecular weight is 332 g/mol. The first-order chi connectivity index (χ1) is 11.0. The summed E-state index contributed by atoms with van der Waals surface area (Å²) in [6.07, 6.45) is 5.72. The minimum atomic E-state index is 0.0250. The Balaban J connectivity index is 1.62. The maximum Gasteiger partial charge on any atom is 0.317 e. The van der Waals surface area contributed by atoms with Gasteiger partial charge in [0.15, 0.2) is 0 Å². The third kappa shape index (κ3) is 3.58. The van der Waals surface area contributed by atoms with Gasteiger partial charge in [-0.2, -0.15) is 0 Å². The molecular formula is C17H24N4OS. The summed E-state index contributed by atoms with van der Waals surface area (Å²) >= 11 is 1.78. The third-order valence-electron chi connectivity index (χ3n) is 4.50. The molecule has 1 saturated heterocycles. The molecule has 3 heterocycles. The van der Waals surface area contributed by atoms with Crippen LogP contribution in [-0.2, 0) is 0 Å². The smallest absolute Gasteiger partial charge is 0.317 e. The molecule has 5 nitrogen and oxygen atoms in total. The standard InChI is InChI=1S/C17H24N4OS/c1-11-9-15(13(3)23-11)12(2)20-17(22)21-8-4-5-14(10-21)16-18-6-7-19-16/h6-7,9,12,14H,4-5,8,10H2,1-3H3,(H,18,19)(H,20,22). The van der Waals surface area contributed by atoms with E-state index in [1.54, 1.807) is 17.5 Å². The monoisotopic (exact) mass is 332 g/mol. The summed E-state index contributed by atoms with van der Waals surface area (Å²) in [5.74, 6) is 1.30. The van der Waals surface area contributed by atoms with Crippen LogP contribution < -0.4 is 5.32 Å². The number of carbonyl (C=O) groups is 1. The predicted molar refractivity (Wildman–Crippen MR) is 92.9 cm³/mol. The Bertz CT molecular complexity index is 664. The highest BCUT2D eigenvalue weighted by Gasteiger charge is 2.27. The van der Waals surface area contributed by atoms with Crippen LogP contribution in [0, 0.1) is 13.8 Å². The SMILES string of the molecule is Cc1cc(C(C)NC(=O)N2CCCC(c3ncc[nH]3)C2)c(C)s1. The number of H-pyrrole nitrogens is 1. The van der Waals surface area contributed by atoms with E-state index in [0.29, 0.717) is 5.92 Å². The zero-order chi connectivity index (χ0) is 16.4. The molecule has 0 radical (unpaired) electrons. The number of nitrogens with one attached hydrogen (secondary N) is 2. The van der Waals surface area contributed by atoms with Crippen molar-refractivity contribution in [2.24, 2.45) is 0 Å². The van der Waals surface area contributed by atoms with E-state index in [1.165, 1.54) is 15.3 Å². The minimum Gasteiger partial charge on any atom is -0.348 e. The van der Waals surface area contributed by atoms with Crippen LogP contribution in [0.15, 0.2) is 18.5 Å². The second-order valence-corrected chi connectivity index (χ2v) is 7.76. The number of thiophene rings is 1. The van der Waals surface area contributed by atoms with Crippen molar-refractivity contribution in [2.75, 3.05) is 13.1 Å². The number of imidazole rings is 1. The van der Waals surface area contributed by atoms with Crippen LogP contribution in [0.25, 0.3) is 0 Å². The lowest BCUT2D eigenvalue weighted by molar-refractivity contribution is 0.175. The quantitative estimate of drug-likeness (QED) is 0.899. The van der Waals surface area contributed by atoms with Gasteiger partial charge >= 0.3 is 6.03 Å². The lowest BCUT2D eigenvalue weighted by atomic mass is 9.97. The van der Waals surface area contributed by atoms with Crippen LogP contribution in [-0.4, -0.2) is 34.0 Å². The van der Waals surface area contributed by atoms with E-state index in [9.17, 15) is 4.79 Å². The molecule has 2 aromatic heterocycles. The summed E-state index contributed by atoms with van der Waals surface area (Å²) in [6, 6.07) is 2.24. The van der Waals surface area contributed by atoms with Crippen LogP contribution in [0.3, 0.4) is 0 Å². The van der Waals surface area contributed by atoms with Crippen LogP contribution in [0.5, 0.6) is 0 Å². The van der Waals surface area contributed by atoms with Gasteiger partial charge in [-0.3, -0.25) is 0 Å². The van der Waals surface area contributed by atoms with Gasteiger partial charge in [0, 0.05) is 41.2 Å².